The van der Waals surface area contributed by atoms with Gasteiger partial charge in [0.2, 0.25) is 0 Å². The highest BCUT2D eigenvalue weighted by Gasteiger charge is 2.15. The van der Waals surface area contributed by atoms with Crippen LogP contribution in [0.15, 0.2) is 66.9 Å². The molecule has 0 saturated carbocycles. The normalized spacial score (nSPS) is 10.6. The monoisotopic (exact) mass is 423 g/mol. The predicted molar refractivity (Wildman–Crippen MR) is 114 cm³/mol. The molecule has 0 bridgehead atoms. The lowest BCUT2D eigenvalue weighted by Crippen LogP contribution is -2.15. The minimum atomic E-state index is -0.710. The van der Waals surface area contributed by atoms with Crippen LogP contribution in [0.3, 0.4) is 0 Å². The van der Waals surface area contributed by atoms with E-state index in [4.69, 9.17) is 21.5 Å². The van der Waals surface area contributed by atoms with E-state index < -0.39 is 11.8 Å². The Morgan fingerprint density at radius 2 is 1.93 bits per heavy atom. The average molecular weight is 424 g/mol. The standard InChI is InChI=1S/C22H18ClN3O4/c1-14-6-9-17(13-24-14)30-20-5-3-2-4-18(20)22(28)25-19-10-8-16(23)12-15(19)7-11-21(27)26-29/h2-13,29H,1H3,(H,25,28)(H,26,27). The zero-order valence-corrected chi connectivity index (χ0v) is 16.7. The molecule has 3 N–H and O–H groups in total. The number of nitrogens with one attached hydrogen (secondary N) is 2. The molecule has 8 heteroatoms. The van der Waals surface area contributed by atoms with E-state index in [1.54, 1.807) is 54.7 Å². The average Bonchev–Trinajstić information content (AvgIpc) is 2.75. The lowest BCUT2D eigenvalue weighted by atomic mass is 10.1. The summed E-state index contributed by atoms with van der Waals surface area (Å²) in [6.07, 6.45) is 4.12. The second kappa shape index (κ2) is 9.69. The van der Waals surface area contributed by atoms with Crippen molar-refractivity contribution in [3.8, 4) is 11.5 Å². The first-order valence-corrected chi connectivity index (χ1v) is 9.26. The molecule has 1 aromatic heterocycles. The number of halogens is 1. The fourth-order valence-corrected chi connectivity index (χ4v) is 2.74. The maximum absolute atomic E-state index is 12.9. The maximum Gasteiger partial charge on any atom is 0.267 e. The Labute approximate surface area is 177 Å². The molecule has 0 unspecified atom stereocenters. The minimum absolute atomic E-state index is 0.316. The number of hydrogen-bond acceptors (Lipinski definition) is 5. The van der Waals surface area contributed by atoms with E-state index in [0.717, 1.165) is 11.8 Å². The van der Waals surface area contributed by atoms with Crippen LogP contribution in [0.5, 0.6) is 11.5 Å². The maximum atomic E-state index is 12.9. The molecule has 0 fully saturated rings. The van der Waals surface area contributed by atoms with Gasteiger partial charge >= 0.3 is 0 Å². The summed E-state index contributed by atoms with van der Waals surface area (Å²) >= 11 is 6.02. The van der Waals surface area contributed by atoms with Gasteiger partial charge in [-0.15, -0.1) is 0 Å². The first-order chi connectivity index (χ1) is 14.5. The summed E-state index contributed by atoms with van der Waals surface area (Å²) in [5, 5.41) is 11.8. The van der Waals surface area contributed by atoms with Gasteiger partial charge in [-0.3, -0.25) is 19.8 Å². The van der Waals surface area contributed by atoms with Crippen molar-refractivity contribution in [3.63, 3.8) is 0 Å². The SMILES string of the molecule is Cc1ccc(Oc2ccccc2C(=O)Nc2ccc(Cl)cc2C=CC(=O)NO)cn1. The molecule has 152 valence electrons. The van der Waals surface area contributed by atoms with Gasteiger partial charge in [-0.25, -0.2) is 5.48 Å². The quantitative estimate of drug-likeness (QED) is 0.305. The van der Waals surface area contributed by atoms with Gasteiger partial charge in [0.25, 0.3) is 11.8 Å². The second-order valence-electron chi connectivity index (χ2n) is 6.23. The highest BCUT2D eigenvalue weighted by Crippen LogP contribution is 2.27. The zero-order valence-electron chi connectivity index (χ0n) is 15.9. The third-order valence-corrected chi connectivity index (χ3v) is 4.27. The Kier molecular flexibility index (Phi) is 6.79. The number of anilines is 1. The molecule has 1 heterocycles. The molecule has 0 saturated heterocycles. The van der Waals surface area contributed by atoms with Gasteiger partial charge in [-0.05, 0) is 61.0 Å². The number of benzene rings is 2. The van der Waals surface area contributed by atoms with Crippen molar-refractivity contribution >= 4 is 35.2 Å². The number of carbonyl (C=O) groups excluding carboxylic acids is 2. The van der Waals surface area contributed by atoms with E-state index in [2.05, 4.69) is 10.3 Å². The predicted octanol–water partition coefficient (Wildman–Crippen LogP) is 4.61. The number of hydrogen-bond donors (Lipinski definition) is 3. The molecule has 0 aliphatic heterocycles. The van der Waals surface area contributed by atoms with Crippen LogP contribution in [-0.2, 0) is 4.79 Å². The molecule has 0 radical (unpaired) electrons. The van der Waals surface area contributed by atoms with Gasteiger partial charge in [0, 0.05) is 22.5 Å². The highest BCUT2D eigenvalue weighted by atomic mass is 35.5. The summed E-state index contributed by atoms with van der Waals surface area (Å²) in [6, 6.07) is 15.2. The highest BCUT2D eigenvalue weighted by molar-refractivity contribution is 6.31. The Bertz CT molecular complexity index is 1100. The molecule has 2 aromatic carbocycles. The van der Waals surface area contributed by atoms with E-state index in [1.165, 1.54) is 11.6 Å². The summed E-state index contributed by atoms with van der Waals surface area (Å²) in [6.45, 7) is 1.87. The molecule has 0 spiro atoms. The first kappa shape index (κ1) is 21.0. The number of rotatable bonds is 6. The number of para-hydroxylation sites is 1. The third kappa shape index (κ3) is 5.44. The van der Waals surface area contributed by atoms with Crippen molar-refractivity contribution in [1.82, 2.24) is 10.5 Å². The van der Waals surface area contributed by atoms with E-state index in [-0.39, 0.29) is 0 Å². The van der Waals surface area contributed by atoms with Crippen molar-refractivity contribution in [1.29, 1.82) is 0 Å². The van der Waals surface area contributed by atoms with Crippen LogP contribution in [0, 0.1) is 6.92 Å². The van der Waals surface area contributed by atoms with Crippen LogP contribution in [-0.4, -0.2) is 22.0 Å². The smallest absolute Gasteiger partial charge is 0.267 e. The van der Waals surface area contributed by atoms with Crippen LogP contribution >= 0.6 is 11.6 Å². The third-order valence-electron chi connectivity index (χ3n) is 4.03. The fraction of sp³-hybridized carbons (Fsp3) is 0.0455. The van der Waals surface area contributed by atoms with E-state index in [9.17, 15) is 9.59 Å². The van der Waals surface area contributed by atoms with Crippen molar-refractivity contribution in [2.24, 2.45) is 0 Å². The number of aryl methyl sites for hydroxylation is 1. The largest absolute Gasteiger partial charge is 0.455 e. The summed E-state index contributed by atoms with van der Waals surface area (Å²) in [4.78, 5) is 28.4. The van der Waals surface area contributed by atoms with Crippen LogP contribution < -0.4 is 15.5 Å². The first-order valence-electron chi connectivity index (χ1n) is 8.89. The number of aromatic nitrogens is 1. The molecular weight excluding hydrogens is 406 g/mol. The van der Waals surface area contributed by atoms with Gasteiger partial charge in [0.15, 0.2) is 0 Å². The molecule has 7 nitrogen and oxygen atoms in total. The van der Waals surface area contributed by atoms with Crippen LogP contribution in [0.25, 0.3) is 6.08 Å². The Balaban J connectivity index is 1.86. The number of hydroxylamine groups is 1. The topological polar surface area (TPSA) is 101 Å². The summed E-state index contributed by atoms with van der Waals surface area (Å²) < 4.78 is 5.83. The molecule has 0 atom stereocenters. The lowest BCUT2D eigenvalue weighted by Gasteiger charge is -2.13. The Morgan fingerprint density at radius 3 is 2.67 bits per heavy atom. The van der Waals surface area contributed by atoms with Crippen LogP contribution in [0.2, 0.25) is 5.02 Å². The minimum Gasteiger partial charge on any atom is -0.455 e. The van der Waals surface area contributed by atoms with E-state index in [0.29, 0.717) is 33.3 Å². The lowest BCUT2D eigenvalue weighted by molar-refractivity contribution is -0.124. The summed E-state index contributed by atoms with van der Waals surface area (Å²) in [5.74, 6) is -0.246. The van der Waals surface area contributed by atoms with Crippen molar-refractivity contribution < 1.29 is 19.5 Å². The number of nitrogens with zero attached hydrogens (tertiary/aromatic N) is 1. The molecule has 0 aliphatic rings. The molecule has 2 amide bonds. The van der Waals surface area contributed by atoms with Gasteiger partial charge in [-0.1, -0.05) is 23.7 Å². The Hall–Kier alpha value is -3.68. The van der Waals surface area contributed by atoms with Crippen LogP contribution in [0.4, 0.5) is 5.69 Å². The van der Waals surface area contributed by atoms with Crippen molar-refractivity contribution in [2.75, 3.05) is 5.32 Å². The van der Waals surface area contributed by atoms with Gasteiger partial charge < -0.3 is 10.1 Å². The zero-order chi connectivity index (χ0) is 21.5. The molecule has 3 rings (SSSR count). The molecule has 3 aromatic rings. The van der Waals surface area contributed by atoms with E-state index >= 15 is 0 Å². The second-order valence-corrected chi connectivity index (χ2v) is 6.67. The molecule has 0 aliphatic carbocycles. The van der Waals surface area contributed by atoms with Gasteiger partial charge in [-0.2, -0.15) is 0 Å². The van der Waals surface area contributed by atoms with Crippen LogP contribution in [0.1, 0.15) is 21.6 Å². The van der Waals surface area contributed by atoms with Crippen molar-refractivity contribution in [2.45, 2.75) is 6.92 Å². The van der Waals surface area contributed by atoms with E-state index in [1.807, 2.05) is 13.0 Å². The fourth-order valence-electron chi connectivity index (χ4n) is 2.56. The summed E-state index contributed by atoms with van der Waals surface area (Å²) in [5.41, 5.74) is 3.59. The van der Waals surface area contributed by atoms with Gasteiger partial charge in [0.1, 0.15) is 11.5 Å². The number of ether oxygens (including phenoxy) is 1. The molecule has 30 heavy (non-hydrogen) atoms. The summed E-state index contributed by atoms with van der Waals surface area (Å²) in [7, 11) is 0. The number of carbonyl (C=O) groups is 2. The van der Waals surface area contributed by atoms with Gasteiger partial charge in [0.05, 0.1) is 11.8 Å². The molecular formula is C22H18ClN3O4. The Morgan fingerprint density at radius 1 is 1.13 bits per heavy atom. The number of amides is 2. The van der Waals surface area contributed by atoms with Crippen molar-refractivity contribution in [3.05, 3.63) is 88.7 Å². The number of pyridine rings is 1.